The Labute approximate surface area is 211 Å². The van der Waals surface area contributed by atoms with Crippen molar-refractivity contribution in [3.8, 4) is 0 Å². The number of hydrogen-bond donors (Lipinski definition) is 1. The van der Waals surface area contributed by atoms with E-state index in [0.29, 0.717) is 11.4 Å². The van der Waals surface area contributed by atoms with E-state index in [1.165, 1.54) is 11.1 Å². The summed E-state index contributed by atoms with van der Waals surface area (Å²) in [6, 6.07) is 16.5. The number of rotatable bonds is 5. The molecule has 2 aromatic carbocycles. The molecular formula is C28H35N7O. The highest BCUT2D eigenvalue weighted by atomic mass is 16.1. The highest BCUT2D eigenvalue weighted by Gasteiger charge is 2.34. The maximum atomic E-state index is 13.5. The molecule has 0 aliphatic carbocycles. The quantitative estimate of drug-likeness (QED) is 0.463. The first-order valence-corrected chi connectivity index (χ1v) is 12.6. The predicted octanol–water partition coefficient (Wildman–Crippen LogP) is 3.79. The van der Waals surface area contributed by atoms with Crippen LogP contribution in [0, 0.1) is 13.8 Å². The standard InChI is InChI=1S/C28H35N7O/c1-19-15-22-17-23(27(36)29-24(22)16-20(19)2)25(26-30-31-32-35(26)28(3,4)5)34-13-11-33(12-14-34)18-21-9-7-6-8-10-21/h6-10,15-17,25H,11-14,18H2,1-5H3,(H,29,36)/t25-/m0/s1. The molecule has 1 atom stereocenters. The molecule has 0 amide bonds. The van der Waals surface area contributed by atoms with Gasteiger partial charge in [0.05, 0.1) is 5.54 Å². The molecule has 0 bridgehead atoms. The van der Waals surface area contributed by atoms with E-state index in [4.69, 9.17) is 0 Å². The maximum Gasteiger partial charge on any atom is 0.253 e. The van der Waals surface area contributed by atoms with E-state index in [-0.39, 0.29) is 17.1 Å². The average Bonchev–Trinajstić information content (AvgIpc) is 3.33. The molecule has 1 fully saturated rings. The zero-order chi connectivity index (χ0) is 25.4. The molecule has 0 spiro atoms. The molecule has 0 saturated carbocycles. The van der Waals surface area contributed by atoms with Gasteiger partial charge in [-0.2, -0.15) is 0 Å². The summed E-state index contributed by atoms with van der Waals surface area (Å²) in [4.78, 5) is 21.5. The van der Waals surface area contributed by atoms with E-state index in [1.54, 1.807) is 0 Å². The van der Waals surface area contributed by atoms with Crippen LogP contribution in [-0.4, -0.2) is 61.2 Å². The van der Waals surface area contributed by atoms with Gasteiger partial charge >= 0.3 is 0 Å². The summed E-state index contributed by atoms with van der Waals surface area (Å²) in [5.74, 6) is 0.702. The van der Waals surface area contributed by atoms with Crippen molar-refractivity contribution in [2.24, 2.45) is 0 Å². The predicted molar refractivity (Wildman–Crippen MR) is 142 cm³/mol. The number of aryl methyl sites for hydroxylation is 2. The normalized spacial score (nSPS) is 16.5. The van der Waals surface area contributed by atoms with Crippen LogP contribution in [0.15, 0.2) is 53.3 Å². The minimum absolute atomic E-state index is 0.0917. The van der Waals surface area contributed by atoms with Crippen molar-refractivity contribution in [1.82, 2.24) is 35.0 Å². The molecule has 1 aliphatic heterocycles. The first-order chi connectivity index (χ1) is 17.2. The number of hydrogen-bond acceptors (Lipinski definition) is 6. The summed E-state index contributed by atoms with van der Waals surface area (Å²) in [5.41, 5.74) is 4.81. The lowest BCUT2D eigenvalue weighted by Gasteiger charge is -2.39. The first-order valence-electron chi connectivity index (χ1n) is 12.6. The second-order valence-electron chi connectivity index (χ2n) is 10.9. The second-order valence-corrected chi connectivity index (χ2v) is 10.9. The number of benzene rings is 2. The van der Waals surface area contributed by atoms with Crippen LogP contribution in [0.2, 0.25) is 0 Å². The fourth-order valence-electron chi connectivity index (χ4n) is 5.06. The molecule has 0 radical (unpaired) electrons. The molecule has 188 valence electrons. The van der Waals surface area contributed by atoms with E-state index in [1.807, 2.05) is 16.8 Å². The van der Waals surface area contributed by atoms with Gasteiger partial charge in [-0.1, -0.05) is 30.3 Å². The lowest BCUT2D eigenvalue weighted by atomic mass is 9.99. The number of pyridine rings is 1. The largest absolute Gasteiger partial charge is 0.322 e. The fraction of sp³-hybridized carbons (Fsp3) is 0.429. The van der Waals surface area contributed by atoms with Gasteiger partial charge in [0.15, 0.2) is 5.82 Å². The number of nitrogens with one attached hydrogen (secondary N) is 1. The Kier molecular flexibility index (Phi) is 6.49. The molecule has 5 rings (SSSR count). The number of fused-ring (bicyclic) bond motifs is 1. The number of tetrazole rings is 1. The Morgan fingerprint density at radius 2 is 1.67 bits per heavy atom. The topological polar surface area (TPSA) is 82.9 Å². The van der Waals surface area contributed by atoms with Gasteiger partial charge in [-0.15, -0.1) is 5.10 Å². The Morgan fingerprint density at radius 3 is 2.36 bits per heavy atom. The number of H-pyrrole nitrogens is 1. The Balaban J connectivity index is 1.52. The van der Waals surface area contributed by atoms with Gasteiger partial charge < -0.3 is 4.98 Å². The molecule has 4 aromatic rings. The highest BCUT2D eigenvalue weighted by Crippen LogP contribution is 2.30. The zero-order valence-electron chi connectivity index (χ0n) is 21.8. The van der Waals surface area contributed by atoms with Gasteiger partial charge in [-0.25, -0.2) is 4.68 Å². The lowest BCUT2D eigenvalue weighted by Crippen LogP contribution is -2.49. The number of piperazine rings is 1. The summed E-state index contributed by atoms with van der Waals surface area (Å²) >= 11 is 0. The summed E-state index contributed by atoms with van der Waals surface area (Å²) < 4.78 is 1.86. The van der Waals surface area contributed by atoms with Gasteiger partial charge in [0.2, 0.25) is 0 Å². The maximum absolute atomic E-state index is 13.5. The number of aromatic nitrogens is 5. The van der Waals surface area contributed by atoms with E-state index >= 15 is 0 Å². The molecule has 8 heteroatoms. The van der Waals surface area contributed by atoms with E-state index < -0.39 is 0 Å². The number of aromatic amines is 1. The summed E-state index contributed by atoms with van der Waals surface area (Å²) in [5, 5.41) is 13.8. The van der Waals surface area contributed by atoms with E-state index in [0.717, 1.165) is 49.2 Å². The van der Waals surface area contributed by atoms with Crippen LogP contribution in [0.25, 0.3) is 10.9 Å². The molecule has 2 aromatic heterocycles. The molecule has 8 nitrogen and oxygen atoms in total. The van der Waals surface area contributed by atoms with Gasteiger partial charge in [0, 0.05) is 43.8 Å². The van der Waals surface area contributed by atoms with Crippen molar-refractivity contribution in [2.45, 2.75) is 52.7 Å². The van der Waals surface area contributed by atoms with Crippen molar-refractivity contribution in [3.05, 3.63) is 87.0 Å². The third-order valence-corrected chi connectivity index (χ3v) is 7.18. The fourth-order valence-corrected chi connectivity index (χ4v) is 5.06. The lowest BCUT2D eigenvalue weighted by molar-refractivity contribution is 0.0975. The summed E-state index contributed by atoms with van der Waals surface area (Å²) in [6.07, 6.45) is 0. The van der Waals surface area contributed by atoms with Crippen LogP contribution in [0.1, 0.15) is 54.9 Å². The Morgan fingerprint density at radius 1 is 0.972 bits per heavy atom. The minimum Gasteiger partial charge on any atom is -0.322 e. The molecule has 1 N–H and O–H groups in total. The molecular weight excluding hydrogens is 450 g/mol. The van der Waals surface area contributed by atoms with Crippen LogP contribution < -0.4 is 5.56 Å². The van der Waals surface area contributed by atoms with Crippen LogP contribution in [-0.2, 0) is 12.1 Å². The summed E-state index contributed by atoms with van der Waals surface area (Å²) in [7, 11) is 0. The van der Waals surface area contributed by atoms with Crippen LogP contribution in [0.3, 0.4) is 0 Å². The van der Waals surface area contributed by atoms with E-state index in [2.05, 4.69) is 101 Å². The second kappa shape index (κ2) is 9.59. The minimum atomic E-state index is -0.340. The van der Waals surface area contributed by atoms with E-state index in [9.17, 15) is 4.79 Å². The van der Waals surface area contributed by atoms with Crippen molar-refractivity contribution in [1.29, 1.82) is 0 Å². The van der Waals surface area contributed by atoms with Crippen LogP contribution in [0.4, 0.5) is 0 Å². The monoisotopic (exact) mass is 485 g/mol. The van der Waals surface area contributed by atoms with Gasteiger partial charge in [0.25, 0.3) is 5.56 Å². The van der Waals surface area contributed by atoms with Gasteiger partial charge in [-0.3, -0.25) is 14.6 Å². The smallest absolute Gasteiger partial charge is 0.253 e. The number of nitrogens with zero attached hydrogens (tertiary/aromatic N) is 6. The third-order valence-electron chi connectivity index (χ3n) is 7.18. The van der Waals surface area contributed by atoms with Gasteiger partial charge in [0.1, 0.15) is 6.04 Å². The molecule has 1 saturated heterocycles. The average molecular weight is 486 g/mol. The summed E-state index contributed by atoms with van der Waals surface area (Å²) in [6.45, 7) is 14.8. The molecule has 36 heavy (non-hydrogen) atoms. The SMILES string of the molecule is Cc1cc2cc([C@@H](c3nnnn3C(C)(C)C)N3CCN(Cc4ccccc4)CC3)c(=O)[nH]c2cc1C. The molecule has 3 heterocycles. The zero-order valence-corrected chi connectivity index (χ0v) is 21.8. The van der Waals surface area contributed by atoms with Crippen LogP contribution in [0.5, 0.6) is 0 Å². The first kappa shape index (κ1) is 24.3. The van der Waals surface area contributed by atoms with Crippen LogP contribution >= 0.6 is 0 Å². The Bertz CT molecular complexity index is 1410. The molecule has 1 aliphatic rings. The van der Waals surface area contributed by atoms with Gasteiger partial charge in [-0.05, 0) is 85.3 Å². The van der Waals surface area contributed by atoms with Crippen molar-refractivity contribution in [2.75, 3.05) is 26.2 Å². The third kappa shape index (κ3) is 4.83. The Hall–Kier alpha value is -3.36. The van der Waals surface area contributed by atoms with Crippen molar-refractivity contribution >= 4 is 10.9 Å². The molecule has 0 unspecified atom stereocenters. The van der Waals surface area contributed by atoms with Crippen molar-refractivity contribution < 1.29 is 0 Å². The van der Waals surface area contributed by atoms with Crippen molar-refractivity contribution in [3.63, 3.8) is 0 Å². The highest BCUT2D eigenvalue weighted by molar-refractivity contribution is 5.81.